The molecule has 1 heterocycles. The lowest BCUT2D eigenvalue weighted by atomic mass is 10.0. The molecule has 3 heteroatoms. The third-order valence-corrected chi connectivity index (χ3v) is 3.98. The summed E-state index contributed by atoms with van der Waals surface area (Å²) in [5, 5.41) is 6.51. The Kier molecular flexibility index (Phi) is 5.60. The highest BCUT2D eigenvalue weighted by Crippen LogP contribution is 2.17. The lowest BCUT2D eigenvalue weighted by molar-refractivity contribution is 0.0932. The molecular weight excluding hydrogens is 248 g/mol. The third kappa shape index (κ3) is 3.83. The van der Waals surface area contributed by atoms with Gasteiger partial charge < -0.3 is 10.6 Å². The molecule has 0 fully saturated rings. The molecule has 1 aliphatic rings. The molecule has 1 amide bonds. The van der Waals surface area contributed by atoms with Crippen LogP contribution in [0, 0.1) is 0 Å². The summed E-state index contributed by atoms with van der Waals surface area (Å²) in [5.74, 6) is 0.0780. The fraction of sp³-hybridized carbons (Fsp3) is 0.588. The number of carbonyl (C=O) groups excluding carboxylic acids is 1. The second-order valence-electron chi connectivity index (χ2n) is 5.69. The maximum absolute atomic E-state index is 12.4. The van der Waals surface area contributed by atoms with Gasteiger partial charge in [0.25, 0.3) is 5.91 Å². The van der Waals surface area contributed by atoms with Crippen LogP contribution in [-0.4, -0.2) is 11.9 Å². The number of hydrogen-bond donors (Lipinski definition) is 2. The zero-order valence-corrected chi connectivity index (χ0v) is 12.7. The minimum absolute atomic E-state index is 0.0780. The Morgan fingerprint density at radius 1 is 1.20 bits per heavy atom. The van der Waals surface area contributed by atoms with Crippen LogP contribution in [0.5, 0.6) is 0 Å². The van der Waals surface area contributed by atoms with Crippen LogP contribution >= 0.6 is 0 Å². The average molecular weight is 274 g/mol. The standard InChI is InChI=1S/C17H26N2O/c1-3-5-7-16(6-4-2)19-17(20)13-8-9-14-11-18-12-15(14)10-13/h8-10,16,18H,3-7,11-12H2,1-2H3,(H,19,20). The van der Waals surface area contributed by atoms with Gasteiger partial charge in [0, 0.05) is 24.7 Å². The third-order valence-electron chi connectivity index (χ3n) is 3.98. The van der Waals surface area contributed by atoms with Gasteiger partial charge in [0.05, 0.1) is 0 Å². The van der Waals surface area contributed by atoms with E-state index in [9.17, 15) is 4.79 Å². The lowest BCUT2D eigenvalue weighted by Crippen LogP contribution is -2.34. The molecule has 0 bridgehead atoms. The van der Waals surface area contributed by atoms with Crippen molar-refractivity contribution in [2.45, 2.75) is 65.1 Å². The number of benzene rings is 1. The van der Waals surface area contributed by atoms with Crippen LogP contribution in [0.3, 0.4) is 0 Å². The van der Waals surface area contributed by atoms with Crippen molar-refractivity contribution in [3.63, 3.8) is 0 Å². The molecule has 0 saturated carbocycles. The van der Waals surface area contributed by atoms with Gasteiger partial charge in [0.15, 0.2) is 0 Å². The van der Waals surface area contributed by atoms with Crippen molar-refractivity contribution in [1.82, 2.24) is 10.6 Å². The Bertz CT molecular complexity index is 456. The molecule has 1 unspecified atom stereocenters. The second-order valence-corrected chi connectivity index (χ2v) is 5.69. The highest BCUT2D eigenvalue weighted by Gasteiger charge is 2.16. The topological polar surface area (TPSA) is 41.1 Å². The van der Waals surface area contributed by atoms with E-state index in [-0.39, 0.29) is 5.91 Å². The Labute approximate surface area is 122 Å². The molecule has 0 saturated heterocycles. The number of hydrogen-bond acceptors (Lipinski definition) is 2. The number of rotatable bonds is 7. The maximum atomic E-state index is 12.4. The van der Waals surface area contributed by atoms with E-state index in [1.807, 2.05) is 12.1 Å². The summed E-state index contributed by atoms with van der Waals surface area (Å²) in [6.07, 6.45) is 5.63. The number of amides is 1. The quantitative estimate of drug-likeness (QED) is 0.800. The molecule has 1 aromatic rings. The van der Waals surface area contributed by atoms with Crippen LogP contribution < -0.4 is 10.6 Å². The Balaban J connectivity index is 1.98. The van der Waals surface area contributed by atoms with Gasteiger partial charge in [-0.2, -0.15) is 0 Å². The van der Waals surface area contributed by atoms with Crippen molar-refractivity contribution >= 4 is 5.91 Å². The van der Waals surface area contributed by atoms with Gasteiger partial charge in [-0.1, -0.05) is 39.2 Å². The Hall–Kier alpha value is -1.35. The average Bonchev–Trinajstić information content (AvgIpc) is 2.92. The maximum Gasteiger partial charge on any atom is 0.251 e. The summed E-state index contributed by atoms with van der Waals surface area (Å²) in [4.78, 5) is 12.4. The molecule has 1 aromatic carbocycles. The molecule has 2 N–H and O–H groups in total. The van der Waals surface area contributed by atoms with E-state index in [4.69, 9.17) is 0 Å². The lowest BCUT2D eigenvalue weighted by Gasteiger charge is -2.18. The summed E-state index contributed by atoms with van der Waals surface area (Å²) >= 11 is 0. The molecule has 0 aliphatic carbocycles. The van der Waals surface area contributed by atoms with E-state index in [0.717, 1.165) is 37.9 Å². The number of carbonyl (C=O) groups is 1. The van der Waals surface area contributed by atoms with Gasteiger partial charge in [-0.3, -0.25) is 4.79 Å². The molecule has 20 heavy (non-hydrogen) atoms. The van der Waals surface area contributed by atoms with Crippen LogP contribution in [0.25, 0.3) is 0 Å². The molecule has 3 nitrogen and oxygen atoms in total. The van der Waals surface area contributed by atoms with Gasteiger partial charge in [-0.15, -0.1) is 0 Å². The van der Waals surface area contributed by atoms with E-state index < -0.39 is 0 Å². The van der Waals surface area contributed by atoms with Crippen LogP contribution in [0.1, 0.15) is 67.4 Å². The largest absolute Gasteiger partial charge is 0.349 e. The van der Waals surface area contributed by atoms with Crippen LogP contribution in [0.2, 0.25) is 0 Å². The van der Waals surface area contributed by atoms with Crippen molar-refractivity contribution < 1.29 is 4.79 Å². The Morgan fingerprint density at radius 3 is 2.75 bits per heavy atom. The second kappa shape index (κ2) is 7.44. The molecule has 110 valence electrons. The van der Waals surface area contributed by atoms with Gasteiger partial charge in [0.2, 0.25) is 0 Å². The van der Waals surface area contributed by atoms with Gasteiger partial charge in [-0.25, -0.2) is 0 Å². The molecule has 0 radical (unpaired) electrons. The minimum atomic E-state index is 0.0780. The van der Waals surface area contributed by atoms with E-state index in [0.29, 0.717) is 6.04 Å². The fourth-order valence-electron chi connectivity index (χ4n) is 2.79. The zero-order valence-electron chi connectivity index (χ0n) is 12.7. The summed E-state index contributed by atoms with van der Waals surface area (Å²) in [6, 6.07) is 6.38. The molecular formula is C17H26N2O. The van der Waals surface area contributed by atoms with Crippen LogP contribution in [-0.2, 0) is 13.1 Å². The smallest absolute Gasteiger partial charge is 0.251 e. The normalized spacial score (nSPS) is 14.9. The molecule has 0 aromatic heterocycles. The predicted octanol–water partition coefficient (Wildman–Crippen LogP) is 3.38. The number of nitrogens with one attached hydrogen (secondary N) is 2. The van der Waals surface area contributed by atoms with Gasteiger partial charge >= 0.3 is 0 Å². The van der Waals surface area contributed by atoms with Crippen molar-refractivity contribution in [3.8, 4) is 0 Å². The summed E-state index contributed by atoms with van der Waals surface area (Å²) in [6.45, 7) is 6.17. The van der Waals surface area contributed by atoms with Crippen molar-refractivity contribution in [1.29, 1.82) is 0 Å². The first-order valence-corrected chi connectivity index (χ1v) is 7.88. The van der Waals surface area contributed by atoms with Crippen molar-refractivity contribution in [3.05, 3.63) is 34.9 Å². The highest BCUT2D eigenvalue weighted by atomic mass is 16.1. The zero-order chi connectivity index (χ0) is 14.4. The first kappa shape index (κ1) is 15.0. The summed E-state index contributed by atoms with van der Waals surface area (Å²) < 4.78 is 0. The first-order chi connectivity index (χ1) is 9.74. The molecule has 1 atom stereocenters. The fourth-order valence-corrected chi connectivity index (χ4v) is 2.79. The van der Waals surface area contributed by atoms with Crippen molar-refractivity contribution in [2.75, 3.05) is 0 Å². The summed E-state index contributed by atoms with van der Waals surface area (Å²) in [7, 11) is 0. The monoisotopic (exact) mass is 274 g/mol. The highest BCUT2D eigenvalue weighted by molar-refractivity contribution is 5.94. The van der Waals surface area contributed by atoms with E-state index >= 15 is 0 Å². The first-order valence-electron chi connectivity index (χ1n) is 7.88. The van der Waals surface area contributed by atoms with Crippen molar-refractivity contribution in [2.24, 2.45) is 0 Å². The van der Waals surface area contributed by atoms with Gasteiger partial charge in [0.1, 0.15) is 0 Å². The van der Waals surface area contributed by atoms with Crippen LogP contribution in [0.4, 0.5) is 0 Å². The number of fused-ring (bicyclic) bond motifs is 1. The summed E-state index contributed by atoms with van der Waals surface area (Å²) in [5.41, 5.74) is 3.38. The SMILES string of the molecule is CCCCC(CCC)NC(=O)c1ccc2c(c1)CNC2. The predicted molar refractivity (Wildman–Crippen MR) is 82.7 cm³/mol. The van der Waals surface area contributed by atoms with Gasteiger partial charge in [-0.05, 0) is 36.1 Å². The number of unbranched alkanes of at least 4 members (excludes halogenated alkanes) is 1. The molecule has 1 aliphatic heterocycles. The Morgan fingerprint density at radius 2 is 2.00 bits per heavy atom. The molecule has 2 rings (SSSR count). The van der Waals surface area contributed by atoms with E-state index in [1.165, 1.54) is 24.0 Å². The minimum Gasteiger partial charge on any atom is -0.349 e. The molecule has 0 spiro atoms. The van der Waals surface area contributed by atoms with Crippen LogP contribution in [0.15, 0.2) is 18.2 Å². The van der Waals surface area contributed by atoms with E-state index in [2.05, 4.69) is 30.5 Å². The van der Waals surface area contributed by atoms with E-state index in [1.54, 1.807) is 0 Å².